The van der Waals surface area contributed by atoms with Gasteiger partial charge >= 0.3 is 0 Å². The molecule has 0 aliphatic carbocycles. The molecular formula is C20H27BrN2O. The minimum absolute atomic E-state index is 0.00852. The lowest BCUT2D eigenvalue weighted by molar-refractivity contribution is 0.299. The van der Waals surface area contributed by atoms with E-state index in [1.165, 1.54) is 5.56 Å². The number of ether oxygens (including phenoxy) is 1. The third-order valence-corrected chi connectivity index (χ3v) is 4.96. The molecule has 0 saturated carbocycles. The second-order valence-electron chi connectivity index (χ2n) is 7.18. The standard InChI is InChI=1S/C20H27BrN2O/c1-20(2,3)19(23-15-9-11-16(24-4)12-10-15)18(22)13-14-7-5-6-8-17(14)21/h5-12,18-19,23H,13,22H2,1-4H3/t18-,19-/m0/s1. The van der Waals surface area contributed by atoms with Gasteiger partial charge in [0.1, 0.15) is 5.75 Å². The van der Waals surface area contributed by atoms with Crippen LogP contribution in [0.2, 0.25) is 0 Å². The molecule has 0 saturated heterocycles. The fourth-order valence-electron chi connectivity index (χ4n) is 2.87. The van der Waals surface area contributed by atoms with Gasteiger partial charge in [-0.25, -0.2) is 0 Å². The van der Waals surface area contributed by atoms with Crippen molar-refractivity contribution in [2.75, 3.05) is 12.4 Å². The topological polar surface area (TPSA) is 47.3 Å². The van der Waals surface area contributed by atoms with E-state index in [-0.39, 0.29) is 17.5 Å². The Kier molecular flexibility index (Phi) is 6.30. The van der Waals surface area contributed by atoms with E-state index < -0.39 is 0 Å². The van der Waals surface area contributed by atoms with Crippen LogP contribution in [0.15, 0.2) is 53.0 Å². The summed E-state index contributed by atoms with van der Waals surface area (Å²) in [4.78, 5) is 0. The lowest BCUT2D eigenvalue weighted by Crippen LogP contribution is -2.49. The predicted octanol–water partition coefficient (Wildman–Crippen LogP) is 4.85. The van der Waals surface area contributed by atoms with Crippen molar-refractivity contribution in [2.45, 2.75) is 39.3 Å². The number of rotatable bonds is 6. The van der Waals surface area contributed by atoms with Gasteiger partial charge in [0.25, 0.3) is 0 Å². The van der Waals surface area contributed by atoms with Crippen molar-refractivity contribution in [1.82, 2.24) is 0 Å². The van der Waals surface area contributed by atoms with Gasteiger partial charge in [0.2, 0.25) is 0 Å². The molecule has 0 aromatic heterocycles. The highest BCUT2D eigenvalue weighted by molar-refractivity contribution is 9.10. The van der Waals surface area contributed by atoms with Crippen molar-refractivity contribution in [3.8, 4) is 5.75 Å². The first-order valence-corrected chi connectivity index (χ1v) is 9.00. The third-order valence-electron chi connectivity index (χ3n) is 4.19. The average molecular weight is 391 g/mol. The molecule has 0 radical (unpaired) electrons. The number of nitrogens with one attached hydrogen (secondary N) is 1. The highest BCUT2D eigenvalue weighted by Gasteiger charge is 2.30. The summed E-state index contributed by atoms with van der Waals surface area (Å²) >= 11 is 3.62. The van der Waals surface area contributed by atoms with Crippen LogP contribution in [0.5, 0.6) is 5.75 Å². The molecule has 0 aliphatic heterocycles. The van der Waals surface area contributed by atoms with Crippen LogP contribution in [-0.2, 0) is 6.42 Å². The van der Waals surface area contributed by atoms with Crippen LogP contribution in [0.25, 0.3) is 0 Å². The Labute approximate surface area is 153 Å². The van der Waals surface area contributed by atoms with Crippen LogP contribution in [0, 0.1) is 5.41 Å². The van der Waals surface area contributed by atoms with Crippen LogP contribution in [0.3, 0.4) is 0 Å². The first-order valence-electron chi connectivity index (χ1n) is 8.21. The zero-order valence-electron chi connectivity index (χ0n) is 14.8. The van der Waals surface area contributed by atoms with Gasteiger partial charge in [0.05, 0.1) is 7.11 Å². The minimum atomic E-state index is -0.00852. The molecule has 4 heteroatoms. The largest absolute Gasteiger partial charge is 0.497 e. The van der Waals surface area contributed by atoms with Crippen molar-refractivity contribution in [1.29, 1.82) is 0 Å². The van der Waals surface area contributed by atoms with E-state index in [1.54, 1.807) is 7.11 Å². The average Bonchev–Trinajstić information content (AvgIpc) is 2.54. The van der Waals surface area contributed by atoms with Gasteiger partial charge in [-0.1, -0.05) is 54.9 Å². The first kappa shape index (κ1) is 18.8. The Morgan fingerprint density at radius 3 is 2.25 bits per heavy atom. The molecule has 24 heavy (non-hydrogen) atoms. The lowest BCUT2D eigenvalue weighted by atomic mass is 9.80. The van der Waals surface area contributed by atoms with Crippen molar-refractivity contribution >= 4 is 21.6 Å². The van der Waals surface area contributed by atoms with E-state index in [0.717, 1.165) is 22.3 Å². The Balaban J connectivity index is 2.16. The monoisotopic (exact) mass is 390 g/mol. The SMILES string of the molecule is COc1ccc(N[C@@H]([C@@H](N)Cc2ccccc2Br)C(C)(C)C)cc1. The summed E-state index contributed by atoms with van der Waals surface area (Å²) in [6.45, 7) is 6.65. The van der Waals surface area contributed by atoms with E-state index in [4.69, 9.17) is 10.5 Å². The number of anilines is 1. The molecule has 0 fully saturated rings. The van der Waals surface area contributed by atoms with Gasteiger partial charge in [0, 0.05) is 22.2 Å². The third kappa shape index (κ3) is 4.99. The first-order chi connectivity index (χ1) is 11.3. The van der Waals surface area contributed by atoms with Crippen molar-refractivity contribution in [3.63, 3.8) is 0 Å². The molecule has 0 spiro atoms. The second-order valence-corrected chi connectivity index (χ2v) is 8.03. The molecule has 0 amide bonds. The molecule has 0 heterocycles. The van der Waals surface area contributed by atoms with Crippen LogP contribution in [0.1, 0.15) is 26.3 Å². The van der Waals surface area contributed by atoms with Crippen molar-refractivity contribution < 1.29 is 4.74 Å². The maximum atomic E-state index is 6.60. The summed E-state index contributed by atoms with van der Waals surface area (Å²) in [5.41, 5.74) is 8.92. The van der Waals surface area contributed by atoms with Gasteiger partial charge in [-0.2, -0.15) is 0 Å². The zero-order valence-corrected chi connectivity index (χ0v) is 16.4. The lowest BCUT2D eigenvalue weighted by Gasteiger charge is -2.37. The summed E-state index contributed by atoms with van der Waals surface area (Å²) in [6, 6.07) is 16.4. The van der Waals surface area contributed by atoms with Gasteiger partial charge in [-0.15, -0.1) is 0 Å². The molecule has 3 nitrogen and oxygen atoms in total. The summed E-state index contributed by atoms with van der Waals surface area (Å²) in [7, 11) is 1.67. The molecule has 2 aromatic rings. The number of benzene rings is 2. The van der Waals surface area contributed by atoms with Gasteiger partial charge in [0.15, 0.2) is 0 Å². The molecule has 130 valence electrons. The highest BCUT2D eigenvalue weighted by Crippen LogP contribution is 2.28. The fraction of sp³-hybridized carbons (Fsp3) is 0.400. The molecule has 2 atom stereocenters. The predicted molar refractivity (Wildman–Crippen MR) is 106 cm³/mol. The number of halogens is 1. The van der Waals surface area contributed by atoms with Crippen LogP contribution in [-0.4, -0.2) is 19.2 Å². The number of hydrogen-bond acceptors (Lipinski definition) is 3. The van der Waals surface area contributed by atoms with Crippen LogP contribution < -0.4 is 15.8 Å². The van der Waals surface area contributed by atoms with Crippen molar-refractivity contribution in [3.05, 3.63) is 58.6 Å². The molecular weight excluding hydrogens is 364 g/mol. The number of hydrogen-bond donors (Lipinski definition) is 2. The van der Waals surface area contributed by atoms with E-state index in [9.17, 15) is 0 Å². The summed E-state index contributed by atoms with van der Waals surface area (Å²) in [5, 5.41) is 3.61. The quantitative estimate of drug-likeness (QED) is 0.740. The van der Waals surface area contributed by atoms with E-state index in [1.807, 2.05) is 30.3 Å². The summed E-state index contributed by atoms with van der Waals surface area (Å²) in [5.74, 6) is 0.852. The highest BCUT2D eigenvalue weighted by atomic mass is 79.9. The molecule has 0 aliphatic rings. The van der Waals surface area contributed by atoms with E-state index in [0.29, 0.717) is 0 Å². The summed E-state index contributed by atoms with van der Waals surface area (Å²) < 4.78 is 6.33. The van der Waals surface area contributed by atoms with Crippen molar-refractivity contribution in [2.24, 2.45) is 11.1 Å². The van der Waals surface area contributed by atoms with Crippen LogP contribution in [0.4, 0.5) is 5.69 Å². The maximum absolute atomic E-state index is 6.60. The number of nitrogens with two attached hydrogens (primary N) is 1. The Morgan fingerprint density at radius 2 is 1.71 bits per heavy atom. The van der Waals surface area contributed by atoms with Gasteiger partial charge < -0.3 is 15.8 Å². The molecule has 3 N–H and O–H groups in total. The van der Waals surface area contributed by atoms with Crippen LogP contribution >= 0.6 is 15.9 Å². The Hall–Kier alpha value is -1.52. The normalized spacial score (nSPS) is 14.1. The zero-order chi connectivity index (χ0) is 17.7. The smallest absolute Gasteiger partial charge is 0.119 e. The Bertz CT molecular complexity index is 649. The Morgan fingerprint density at radius 1 is 1.08 bits per heavy atom. The van der Waals surface area contributed by atoms with E-state index in [2.05, 4.69) is 60.2 Å². The second kappa shape index (κ2) is 8.04. The molecule has 2 rings (SSSR count). The van der Waals surface area contributed by atoms with Gasteiger partial charge in [-0.3, -0.25) is 0 Å². The molecule has 0 unspecified atom stereocenters. The molecule has 0 bridgehead atoms. The number of methoxy groups -OCH3 is 1. The summed E-state index contributed by atoms with van der Waals surface area (Å²) in [6.07, 6.45) is 0.812. The minimum Gasteiger partial charge on any atom is -0.497 e. The fourth-order valence-corrected chi connectivity index (χ4v) is 3.31. The maximum Gasteiger partial charge on any atom is 0.119 e. The van der Waals surface area contributed by atoms with E-state index >= 15 is 0 Å². The molecule has 2 aromatic carbocycles. The van der Waals surface area contributed by atoms with Gasteiger partial charge in [-0.05, 0) is 47.7 Å².